The first-order valence-electron chi connectivity index (χ1n) is 10.2. The zero-order valence-electron chi connectivity index (χ0n) is 16.9. The van der Waals surface area contributed by atoms with E-state index in [1.807, 2.05) is 31.2 Å². The van der Waals surface area contributed by atoms with Crippen LogP contribution in [-0.4, -0.2) is 15.5 Å². The van der Waals surface area contributed by atoms with Gasteiger partial charge in [0.1, 0.15) is 5.82 Å². The van der Waals surface area contributed by atoms with E-state index in [1.165, 1.54) is 5.56 Å². The molecule has 5 heteroatoms. The SMILES string of the molecule is CC(NC(=O)c1cccc(Cl)c1)c1nc2ccccc2n1CCCc1ccccc1. The number of hydrogen-bond acceptors (Lipinski definition) is 2. The Labute approximate surface area is 181 Å². The molecule has 0 spiro atoms. The van der Waals surface area contributed by atoms with Crippen LogP contribution >= 0.6 is 11.6 Å². The third-order valence-electron chi connectivity index (χ3n) is 5.20. The van der Waals surface area contributed by atoms with Crippen LogP contribution in [0.1, 0.15) is 41.1 Å². The van der Waals surface area contributed by atoms with Crippen molar-refractivity contribution in [3.63, 3.8) is 0 Å². The van der Waals surface area contributed by atoms with Gasteiger partial charge in [0.25, 0.3) is 5.91 Å². The molecule has 0 aliphatic carbocycles. The Morgan fingerprint density at radius 2 is 1.80 bits per heavy atom. The number of fused-ring (bicyclic) bond motifs is 1. The molecule has 30 heavy (non-hydrogen) atoms. The molecule has 0 saturated heterocycles. The maximum atomic E-state index is 12.7. The third-order valence-corrected chi connectivity index (χ3v) is 5.43. The predicted octanol–water partition coefficient (Wildman–Crippen LogP) is 5.81. The predicted molar refractivity (Wildman–Crippen MR) is 122 cm³/mol. The molecule has 4 nitrogen and oxygen atoms in total. The first-order chi connectivity index (χ1) is 14.6. The molecular formula is C25H24ClN3O. The average molecular weight is 418 g/mol. The van der Waals surface area contributed by atoms with Crippen LogP contribution in [0.5, 0.6) is 0 Å². The molecule has 0 bridgehead atoms. The molecule has 0 aliphatic rings. The normalized spacial score (nSPS) is 12.1. The van der Waals surface area contributed by atoms with Crippen molar-refractivity contribution in [2.45, 2.75) is 32.4 Å². The minimum Gasteiger partial charge on any atom is -0.342 e. The second-order valence-electron chi connectivity index (χ2n) is 7.41. The lowest BCUT2D eigenvalue weighted by atomic mass is 10.1. The molecular weight excluding hydrogens is 394 g/mol. The summed E-state index contributed by atoms with van der Waals surface area (Å²) in [4.78, 5) is 17.5. The summed E-state index contributed by atoms with van der Waals surface area (Å²) in [7, 11) is 0. The number of imidazole rings is 1. The second-order valence-corrected chi connectivity index (χ2v) is 7.84. The van der Waals surface area contributed by atoms with E-state index in [-0.39, 0.29) is 11.9 Å². The van der Waals surface area contributed by atoms with E-state index in [9.17, 15) is 4.79 Å². The molecule has 0 radical (unpaired) electrons. The van der Waals surface area contributed by atoms with E-state index in [2.05, 4.69) is 40.2 Å². The summed E-state index contributed by atoms with van der Waals surface area (Å²) in [5.41, 5.74) is 3.90. The highest BCUT2D eigenvalue weighted by atomic mass is 35.5. The number of benzene rings is 3. The highest BCUT2D eigenvalue weighted by Crippen LogP contribution is 2.22. The van der Waals surface area contributed by atoms with Crippen LogP contribution in [-0.2, 0) is 13.0 Å². The quantitative estimate of drug-likeness (QED) is 0.412. The molecule has 0 fully saturated rings. The largest absolute Gasteiger partial charge is 0.342 e. The Hall–Kier alpha value is -3.11. The first kappa shape index (κ1) is 20.2. The van der Waals surface area contributed by atoms with Crippen LogP contribution in [0.15, 0.2) is 78.9 Å². The van der Waals surface area contributed by atoms with Gasteiger partial charge in [0, 0.05) is 17.1 Å². The highest BCUT2D eigenvalue weighted by Gasteiger charge is 2.19. The summed E-state index contributed by atoms with van der Waals surface area (Å²) in [6.07, 6.45) is 1.99. The molecule has 1 amide bonds. The summed E-state index contributed by atoms with van der Waals surface area (Å²) in [5.74, 6) is 0.701. The van der Waals surface area contributed by atoms with Gasteiger partial charge in [-0.3, -0.25) is 4.79 Å². The van der Waals surface area contributed by atoms with E-state index in [0.717, 1.165) is 36.2 Å². The topological polar surface area (TPSA) is 46.9 Å². The van der Waals surface area contributed by atoms with Gasteiger partial charge < -0.3 is 9.88 Å². The summed E-state index contributed by atoms with van der Waals surface area (Å²) in [6, 6.07) is 25.3. The van der Waals surface area contributed by atoms with Gasteiger partial charge in [-0.1, -0.05) is 60.1 Å². The monoisotopic (exact) mass is 417 g/mol. The number of carbonyl (C=O) groups is 1. The Balaban J connectivity index is 1.55. The summed E-state index contributed by atoms with van der Waals surface area (Å²) >= 11 is 6.03. The van der Waals surface area contributed by atoms with Gasteiger partial charge >= 0.3 is 0 Å². The zero-order valence-corrected chi connectivity index (χ0v) is 17.6. The fourth-order valence-electron chi connectivity index (χ4n) is 3.72. The molecule has 152 valence electrons. The number of nitrogens with zero attached hydrogens (tertiary/aromatic N) is 2. The molecule has 0 saturated carbocycles. The van der Waals surface area contributed by atoms with E-state index in [1.54, 1.807) is 24.3 Å². The number of hydrogen-bond donors (Lipinski definition) is 1. The number of para-hydroxylation sites is 2. The van der Waals surface area contributed by atoms with Crippen LogP contribution in [0, 0.1) is 0 Å². The van der Waals surface area contributed by atoms with Crippen molar-refractivity contribution in [2.24, 2.45) is 0 Å². The Bertz CT molecular complexity index is 1150. The van der Waals surface area contributed by atoms with Crippen molar-refractivity contribution >= 4 is 28.5 Å². The fourth-order valence-corrected chi connectivity index (χ4v) is 3.91. The van der Waals surface area contributed by atoms with Crippen LogP contribution in [0.2, 0.25) is 5.02 Å². The van der Waals surface area contributed by atoms with Gasteiger partial charge in [0.05, 0.1) is 17.1 Å². The number of amides is 1. The number of carbonyl (C=O) groups excluding carboxylic acids is 1. The van der Waals surface area contributed by atoms with Crippen LogP contribution in [0.25, 0.3) is 11.0 Å². The lowest BCUT2D eigenvalue weighted by Crippen LogP contribution is -2.28. The average Bonchev–Trinajstić information content (AvgIpc) is 3.13. The second kappa shape index (κ2) is 9.14. The minimum absolute atomic E-state index is 0.159. The molecule has 1 heterocycles. The van der Waals surface area contributed by atoms with Crippen molar-refractivity contribution in [1.29, 1.82) is 0 Å². The fraction of sp³-hybridized carbons (Fsp3) is 0.200. The number of aryl methyl sites for hydroxylation is 2. The lowest BCUT2D eigenvalue weighted by Gasteiger charge is -2.16. The van der Waals surface area contributed by atoms with Gasteiger partial charge in [-0.2, -0.15) is 0 Å². The molecule has 1 atom stereocenters. The molecule has 1 unspecified atom stereocenters. The van der Waals surface area contributed by atoms with E-state index < -0.39 is 0 Å². The standard InChI is InChI=1S/C25H24ClN3O/c1-18(27-25(30)20-12-7-13-21(26)17-20)24-28-22-14-5-6-15-23(22)29(24)16-8-11-19-9-3-2-4-10-19/h2-7,9-10,12-15,17-18H,8,11,16H2,1H3,(H,27,30). The summed E-state index contributed by atoms with van der Waals surface area (Å²) < 4.78 is 2.22. The zero-order chi connectivity index (χ0) is 20.9. The summed E-state index contributed by atoms with van der Waals surface area (Å²) in [5, 5.41) is 3.61. The smallest absolute Gasteiger partial charge is 0.251 e. The number of rotatable bonds is 7. The Morgan fingerprint density at radius 1 is 1.03 bits per heavy atom. The molecule has 4 aromatic rings. The lowest BCUT2D eigenvalue weighted by molar-refractivity contribution is 0.0937. The van der Waals surface area contributed by atoms with Crippen LogP contribution < -0.4 is 5.32 Å². The van der Waals surface area contributed by atoms with Gasteiger partial charge in [-0.05, 0) is 55.7 Å². The number of nitrogens with one attached hydrogen (secondary N) is 1. The molecule has 1 aromatic heterocycles. The van der Waals surface area contributed by atoms with E-state index in [4.69, 9.17) is 16.6 Å². The number of halogens is 1. The Kier molecular flexibility index (Phi) is 6.15. The Morgan fingerprint density at radius 3 is 2.60 bits per heavy atom. The summed E-state index contributed by atoms with van der Waals surface area (Å²) in [6.45, 7) is 2.81. The van der Waals surface area contributed by atoms with Gasteiger partial charge in [-0.15, -0.1) is 0 Å². The van der Waals surface area contributed by atoms with Crippen molar-refractivity contribution in [3.05, 3.63) is 101 Å². The molecule has 1 N–H and O–H groups in total. The molecule has 3 aromatic carbocycles. The molecule has 4 rings (SSSR count). The van der Waals surface area contributed by atoms with Gasteiger partial charge in [0.15, 0.2) is 0 Å². The van der Waals surface area contributed by atoms with Gasteiger partial charge in [0.2, 0.25) is 0 Å². The van der Waals surface area contributed by atoms with Crippen molar-refractivity contribution in [2.75, 3.05) is 0 Å². The van der Waals surface area contributed by atoms with Crippen molar-refractivity contribution in [3.8, 4) is 0 Å². The third kappa shape index (κ3) is 4.55. The van der Waals surface area contributed by atoms with Gasteiger partial charge in [-0.25, -0.2) is 4.98 Å². The van der Waals surface area contributed by atoms with Crippen molar-refractivity contribution < 1.29 is 4.79 Å². The van der Waals surface area contributed by atoms with Crippen LogP contribution in [0.3, 0.4) is 0 Å². The minimum atomic E-state index is -0.236. The number of aromatic nitrogens is 2. The maximum absolute atomic E-state index is 12.7. The van der Waals surface area contributed by atoms with Crippen LogP contribution in [0.4, 0.5) is 0 Å². The first-order valence-corrected chi connectivity index (χ1v) is 10.5. The maximum Gasteiger partial charge on any atom is 0.251 e. The molecule has 0 aliphatic heterocycles. The van der Waals surface area contributed by atoms with E-state index in [0.29, 0.717) is 10.6 Å². The highest BCUT2D eigenvalue weighted by molar-refractivity contribution is 6.30. The van der Waals surface area contributed by atoms with Crippen molar-refractivity contribution in [1.82, 2.24) is 14.9 Å². The van der Waals surface area contributed by atoms with E-state index >= 15 is 0 Å².